The highest BCUT2D eigenvalue weighted by atomic mass is 16.3. The summed E-state index contributed by atoms with van der Waals surface area (Å²) in [5.74, 6) is 0.231. The average molecular weight is 740 g/mol. The van der Waals surface area contributed by atoms with Crippen LogP contribution >= 0.6 is 0 Å². The molecular formula is C54H33N3O. The molecule has 0 saturated heterocycles. The third kappa shape index (κ3) is 4.38. The summed E-state index contributed by atoms with van der Waals surface area (Å²) in [5, 5.41) is 27.9. The first-order valence-electron chi connectivity index (χ1n) is 20.0. The lowest BCUT2D eigenvalue weighted by atomic mass is 9.82. The van der Waals surface area contributed by atoms with E-state index in [4.69, 9.17) is 4.42 Å². The van der Waals surface area contributed by atoms with E-state index >= 15 is 0 Å². The lowest BCUT2D eigenvalue weighted by Gasteiger charge is -2.21. The lowest BCUT2D eigenvalue weighted by Crippen LogP contribution is -2.03. The number of rotatable bonds is 3. The fraction of sp³-hybridized carbons (Fsp3) is 0.0926. The van der Waals surface area contributed by atoms with E-state index < -0.39 is 0 Å². The predicted octanol–water partition coefficient (Wildman–Crippen LogP) is 14.4. The number of benzene rings is 7. The molecule has 1 atom stereocenters. The number of furan rings is 1. The molecule has 12 rings (SSSR count). The molecule has 0 amide bonds. The van der Waals surface area contributed by atoms with Gasteiger partial charge in [-0.3, -0.25) is 0 Å². The van der Waals surface area contributed by atoms with Crippen LogP contribution in [0.1, 0.15) is 65.5 Å². The van der Waals surface area contributed by atoms with Gasteiger partial charge in [-0.25, -0.2) is 0 Å². The number of nitrogens with zero attached hydrogens (tertiary/aromatic N) is 3. The Hall–Kier alpha value is -7.62. The summed E-state index contributed by atoms with van der Waals surface area (Å²) in [6, 6.07) is 46.0. The molecule has 270 valence electrons. The van der Waals surface area contributed by atoms with Gasteiger partial charge in [-0.2, -0.15) is 10.5 Å². The summed E-state index contributed by atoms with van der Waals surface area (Å²) in [7, 11) is 0. The highest BCUT2D eigenvalue weighted by Gasteiger charge is 2.30. The second-order valence-corrected chi connectivity index (χ2v) is 15.8. The molecule has 58 heavy (non-hydrogen) atoms. The number of para-hydroxylation sites is 1. The summed E-state index contributed by atoms with van der Waals surface area (Å²) >= 11 is 0. The van der Waals surface area contributed by atoms with Gasteiger partial charge >= 0.3 is 0 Å². The van der Waals surface area contributed by atoms with Crippen LogP contribution in [0.25, 0.3) is 112 Å². The van der Waals surface area contributed by atoms with Crippen molar-refractivity contribution < 1.29 is 4.42 Å². The van der Waals surface area contributed by atoms with Crippen molar-refractivity contribution >= 4 is 78.3 Å². The Balaban J connectivity index is 1.34. The zero-order valence-electron chi connectivity index (χ0n) is 31.7. The van der Waals surface area contributed by atoms with E-state index in [1.165, 1.54) is 10.9 Å². The molecule has 0 aliphatic heterocycles. The van der Waals surface area contributed by atoms with Crippen LogP contribution in [-0.2, 0) is 0 Å². The minimum Gasteiger partial charge on any atom is -0.455 e. The fourth-order valence-electron chi connectivity index (χ4n) is 10.3. The Morgan fingerprint density at radius 1 is 0.655 bits per heavy atom. The van der Waals surface area contributed by atoms with E-state index in [1.807, 2.05) is 24.3 Å². The van der Waals surface area contributed by atoms with Crippen molar-refractivity contribution in [2.75, 3.05) is 0 Å². The van der Waals surface area contributed by atoms with Crippen LogP contribution in [0.2, 0.25) is 0 Å². The van der Waals surface area contributed by atoms with E-state index in [9.17, 15) is 10.5 Å². The van der Waals surface area contributed by atoms with Gasteiger partial charge < -0.3 is 8.82 Å². The molecule has 0 spiro atoms. The van der Waals surface area contributed by atoms with Crippen molar-refractivity contribution in [1.29, 1.82) is 10.5 Å². The first kappa shape index (κ1) is 32.6. The van der Waals surface area contributed by atoms with Crippen molar-refractivity contribution in [2.45, 2.75) is 32.1 Å². The highest BCUT2D eigenvalue weighted by molar-refractivity contribution is 6.28. The van der Waals surface area contributed by atoms with Gasteiger partial charge in [-0.1, -0.05) is 97.9 Å². The number of nitriles is 2. The summed E-state index contributed by atoms with van der Waals surface area (Å²) < 4.78 is 9.23. The summed E-state index contributed by atoms with van der Waals surface area (Å²) in [6.07, 6.45) is 11.5. The van der Waals surface area contributed by atoms with Gasteiger partial charge in [-0.05, 0) is 107 Å². The fourth-order valence-corrected chi connectivity index (χ4v) is 10.3. The molecule has 2 aliphatic rings. The molecule has 0 saturated carbocycles. The number of fused-ring (bicyclic) bond motifs is 13. The van der Waals surface area contributed by atoms with E-state index in [0.717, 1.165) is 124 Å². The minimum absolute atomic E-state index is 0.231. The summed E-state index contributed by atoms with van der Waals surface area (Å²) in [6.45, 7) is 2.32. The quantitative estimate of drug-likeness (QED) is 0.169. The molecule has 1 unspecified atom stereocenters. The maximum atomic E-state index is 10.7. The second kappa shape index (κ2) is 12.2. The Bertz CT molecular complexity index is 3600. The average Bonchev–Trinajstić information content (AvgIpc) is 4.04. The van der Waals surface area contributed by atoms with Gasteiger partial charge in [-0.15, -0.1) is 5.73 Å². The number of hydrogen-bond acceptors (Lipinski definition) is 3. The largest absolute Gasteiger partial charge is 0.455 e. The number of allylic oxidation sites excluding steroid dienone is 1. The van der Waals surface area contributed by atoms with E-state index in [1.54, 1.807) is 0 Å². The molecule has 4 nitrogen and oxygen atoms in total. The van der Waals surface area contributed by atoms with Crippen LogP contribution in [0.5, 0.6) is 0 Å². The molecule has 0 bridgehead atoms. The van der Waals surface area contributed by atoms with E-state index in [-0.39, 0.29) is 5.92 Å². The topological polar surface area (TPSA) is 65.1 Å². The Kier molecular flexibility index (Phi) is 6.85. The molecule has 0 N–H and O–H groups in total. The molecule has 0 fully saturated rings. The molecule has 10 aromatic rings. The molecular weight excluding hydrogens is 707 g/mol. The summed E-state index contributed by atoms with van der Waals surface area (Å²) in [4.78, 5) is 0. The lowest BCUT2D eigenvalue weighted by molar-refractivity contribution is 0.640. The third-order valence-corrected chi connectivity index (χ3v) is 12.7. The van der Waals surface area contributed by atoms with E-state index in [2.05, 4.69) is 144 Å². The monoisotopic (exact) mass is 739 g/mol. The van der Waals surface area contributed by atoms with E-state index in [0.29, 0.717) is 11.1 Å². The first-order valence-corrected chi connectivity index (χ1v) is 20.0. The Labute approximate surface area is 334 Å². The van der Waals surface area contributed by atoms with Crippen molar-refractivity contribution in [2.24, 2.45) is 0 Å². The molecule has 0 radical (unpaired) electrons. The Morgan fingerprint density at radius 2 is 1.33 bits per heavy atom. The maximum absolute atomic E-state index is 10.7. The Morgan fingerprint density at radius 3 is 2.10 bits per heavy atom. The van der Waals surface area contributed by atoms with Crippen LogP contribution < -0.4 is 0 Å². The smallest absolute Gasteiger partial charge is 0.143 e. The third-order valence-electron chi connectivity index (χ3n) is 12.7. The summed E-state index contributed by atoms with van der Waals surface area (Å²) in [5.41, 5.74) is 20.1. The van der Waals surface area contributed by atoms with Gasteiger partial charge in [0.2, 0.25) is 0 Å². The van der Waals surface area contributed by atoms with Crippen molar-refractivity contribution in [3.63, 3.8) is 0 Å². The highest BCUT2D eigenvalue weighted by Crippen LogP contribution is 2.52. The molecule has 3 heterocycles. The standard InChI is InChI=1S/C54H33N3O/c1-31-14-5-2-10-19-38-36(30-56)27-46-52(48(31)38)44-25-34(24-43-51-40-22-13-21-37(40)35(29-55)26-45(51)57(46)53(43)44)49-41(32-15-6-3-7-16-32)28-42-39-20-11-12-23-47(39)58-54(42)50(49)33-17-8-4-9-18-33/h3-4,6-12,15-28,31H,2,5,14H2,1H3/b19-10+. The van der Waals surface area contributed by atoms with Crippen LogP contribution in [0.4, 0.5) is 0 Å². The molecule has 3 aromatic heterocycles. The molecule has 7 aromatic carbocycles. The second-order valence-electron chi connectivity index (χ2n) is 15.8. The van der Waals surface area contributed by atoms with Crippen molar-refractivity contribution in [3.05, 3.63) is 160 Å². The van der Waals surface area contributed by atoms with Crippen LogP contribution in [-0.4, -0.2) is 4.40 Å². The number of aromatic nitrogens is 1. The van der Waals surface area contributed by atoms with Crippen LogP contribution in [0.3, 0.4) is 0 Å². The van der Waals surface area contributed by atoms with Gasteiger partial charge in [0.1, 0.15) is 11.2 Å². The number of hydrogen-bond donors (Lipinski definition) is 0. The van der Waals surface area contributed by atoms with Crippen LogP contribution in [0, 0.1) is 22.7 Å². The maximum Gasteiger partial charge on any atom is 0.143 e. The zero-order valence-corrected chi connectivity index (χ0v) is 31.7. The van der Waals surface area contributed by atoms with Gasteiger partial charge in [0, 0.05) is 54.6 Å². The molecule has 2 aliphatic carbocycles. The van der Waals surface area contributed by atoms with Crippen LogP contribution in [0.15, 0.2) is 131 Å². The van der Waals surface area contributed by atoms with Crippen molar-refractivity contribution in [1.82, 2.24) is 4.40 Å². The zero-order chi connectivity index (χ0) is 38.6. The van der Waals surface area contributed by atoms with Crippen molar-refractivity contribution in [3.8, 4) is 45.5 Å². The molecule has 4 heteroatoms. The normalized spacial score (nSPS) is 15.3. The van der Waals surface area contributed by atoms with Gasteiger partial charge in [0.05, 0.1) is 39.8 Å². The first-order chi connectivity index (χ1) is 28.6. The predicted molar refractivity (Wildman–Crippen MR) is 238 cm³/mol. The minimum atomic E-state index is 0.231. The SMILES string of the molecule is CC1CCC/C=C/c2c(C#N)cc3c(c21)c1cc(-c2c(-c4ccccc4)cc4c(oc5ccccc54)c2-c2ccccc2)cc2c4c5c(c(C#N)cc4n3c21)C=C=C5. The van der Waals surface area contributed by atoms with Gasteiger partial charge in [0.15, 0.2) is 0 Å². The van der Waals surface area contributed by atoms with Gasteiger partial charge in [0.25, 0.3) is 0 Å².